The minimum atomic E-state index is -1.57. The van der Waals surface area contributed by atoms with Crippen LogP contribution in [0.4, 0.5) is 0 Å². The van der Waals surface area contributed by atoms with E-state index in [1.165, 1.54) is 13.8 Å². The lowest BCUT2D eigenvalue weighted by molar-refractivity contribution is -0.181. The van der Waals surface area contributed by atoms with Crippen LogP contribution in [0, 0.1) is 0 Å². The number of aliphatic hydroxyl groups excluding tert-OH is 1. The van der Waals surface area contributed by atoms with Crippen LogP contribution in [0.25, 0.3) is 0 Å². The summed E-state index contributed by atoms with van der Waals surface area (Å²) in [5, 5.41) is 18.4. The van der Waals surface area contributed by atoms with Gasteiger partial charge in [-0.25, -0.2) is 0 Å². The lowest BCUT2D eigenvalue weighted by Crippen LogP contribution is -2.60. The van der Waals surface area contributed by atoms with E-state index >= 15 is 0 Å². The number of ether oxygens (including phenoxy) is 1. The predicted octanol–water partition coefficient (Wildman–Crippen LogP) is -1.62. The minimum Gasteiger partial charge on any atom is -0.393 e. The Morgan fingerprint density at radius 1 is 1.42 bits per heavy atom. The summed E-state index contributed by atoms with van der Waals surface area (Å²) in [6, 6.07) is 0. The Morgan fingerprint density at radius 3 is 2.17 bits per heavy atom. The Hall–Kier alpha value is -0.200. The number of hydrogen-bond donors (Lipinski definition) is 4. The van der Waals surface area contributed by atoms with E-state index in [0.717, 1.165) is 0 Å². The van der Waals surface area contributed by atoms with Crippen molar-refractivity contribution in [1.29, 1.82) is 0 Å². The molecule has 2 atom stereocenters. The largest absolute Gasteiger partial charge is 0.393 e. The third-order valence-electron chi connectivity index (χ3n) is 1.91. The lowest BCUT2D eigenvalue weighted by Gasteiger charge is -2.38. The maximum absolute atomic E-state index is 9.42. The molecule has 0 aliphatic heterocycles. The van der Waals surface area contributed by atoms with Crippen molar-refractivity contribution in [2.75, 3.05) is 19.8 Å². The summed E-state index contributed by atoms with van der Waals surface area (Å²) in [6.07, 6.45) is 0. The van der Waals surface area contributed by atoms with Gasteiger partial charge in [-0.15, -0.1) is 0 Å². The Bertz CT molecular complexity index is 135. The van der Waals surface area contributed by atoms with Crippen molar-refractivity contribution in [3.05, 3.63) is 0 Å². The van der Waals surface area contributed by atoms with Crippen LogP contribution in [-0.2, 0) is 4.74 Å². The summed E-state index contributed by atoms with van der Waals surface area (Å²) in [5.74, 6) is 0. The number of aliphatic hydroxyl groups is 2. The minimum absolute atomic E-state index is 0.254. The molecule has 0 heterocycles. The van der Waals surface area contributed by atoms with Gasteiger partial charge in [0.2, 0.25) is 0 Å². The van der Waals surface area contributed by atoms with Gasteiger partial charge in [-0.3, -0.25) is 0 Å². The Balaban J connectivity index is 4.24. The van der Waals surface area contributed by atoms with Crippen LogP contribution < -0.4 is 11.5 Å². The average Bonchev–Trinajstić information content (AvgIpc) is 1.98. The molecule has 0 fully saturated rings. The van der Waals surface area contributed by atoms with Crippen LogP contribution >= 0.6 is 0 Å². The smallest absolute Gasteiger partial charge is 0.141 e. The zero-order chi connectivity index (χ0) is 9.83. The SMILES string of the molecule is CC(N)(O)C(C)(CO)OCCN. The van der Waals surface area contributed by atoms with E-state index in [-0.39, 0.29) is 13.2 Å². The second kappa shape index (κ2) is 4.15. The molecule has 0 amide bonds. The van der Waals surface area contributed by atoms with Crippen LogP contribution in [0.1, 0.15) is 13.8 Å². The van der Waals surface area contributed by atoms with E-state index in [9.17, 15) is 5.11 Å². The molecular weight excluding hydrogens is 160 g/mol. The first-order valence-corrected chi connectivity index (χ1v) is 3.83. The van der Waals surface area contributed by atoms with Crippen molar-refractivity contribution < 1.29 is 14.9 Å². The molecule has 0 aromatic carbocycles. The van der Waals surface area contributed by atoms with Crippen molar-refractivity contribution in [1.82, 2.24) is 0 Å². The topological polar surface area (TPSA) is 102 Å². The van der Waals surface area contributed by atoms with Gasteiger partial charge in [0.25, 0.3) is 0 Å². The summed E-state index contributed by atoms with van der Waals surface area (Å²) in [6.45, 7) is 3.13. The molecule has 0 saturated carbocycles. The maximum Gasteiger partial charge on any atom is 0.141 e. The molecule has 0 bridgehead atoms. The molecule has 74 valence electrons. The fourth-order valence-corrected chi connectivity index (χ4v) is 0.636. The molecule has 2 unspecified atom stereocenters. The Morgan fingerprint density at radius 2 is 1.92 bits per heavy atom. The van der Waals surface area contributed by atoms with Gasteiger partial charge < -0.3 is 26.4 Å². The van der Waals surface area contributed by atoms with Gasteiger partial charge in [-0.2, -0.15) is 0 Å². The molecule has 0 rings (SSSR count). The Labute approximate surface area is 72.3 Å². The zero-order valence-corrected chi connectivity index (χ0v) is 7.58. The first-order valence-electron chi connectivity index (χ1n) is 3.83. The van der Waals surface area contributed by atoms with Crippen molar-refractivity contribution >= 4 is 0 Å². The van der Waals surface area contributed by atoms with Crippen molar-refractivity contribution in [2.45, 2.75) is 25.2 Å². The molecule has 0 aliphatic carbocycles. The van der Waals surface area contributed by atoms with Gasteiger partial charge in [0, 0.05) is 6.54 Å². The van der Waals surface area contributed by atoms with Crippen LogP contribution in [0.5, 0.6) is 0 Å². The third kappa shape index (κ3) is 2.69. The highest BCUT2D eigenvalue weighted by atomic mass is 16.5. The molecule has 5 nitrogen and oxygen atoms in total. The third-order valence-corrected chi connectivity index (χ3v) is 1.91. The molecule has 12 heavy (non-hydrogen) atoms. The summed E-state index contributed by atoms with van der Waals surface area (Å²) >= 11 is 0. The van der Waals surface area contributed by atoms with Crippen LogP contribution in [0.15, 0.2) is 0 Å². The molecule has 6 N–H and O–H groups in total. The van der Waals surface area contributed by atoms with Crippen molar-refractivity contribution in [2.24, 2.45) is 11.5 Å². The van der Waals surface area contributed by atoms with Gasteiger partial charge in [0.05, 0.1) is 13.2 Å². The summed E-state index contributed by atoms with van der Waals surface area (Å²) in [7, 11) is 0. The van der Waals surface area contributed by atoms with E-state index in [1.54, 1.807) is 0 Å². The quantitative estimate of drug-likeness (QED) is 0.379. The second-order valence-electron chi connectivity index (χ2n) is 3.17. The van der Waals surface area contributed by atoms with E-state index in [2.05, 4.69) is 0 Å². The first kappa shape index (κ1) is 11.8. The van der Waals surface area contributed by atoms with Crippen molar-refractivity contribution in [3.63, 3.8) is 0 Å². The van der Waals surface area contributed by atoms with Gasteiger partial charge in [-0.05, 0) is 13.8 Å². The molecule has 0 aromatic heterocycles. The van der Waals surface area contributed by atoms with Crippen LogP contribution in [0.2, 0.25) is 0 Å². The van der Waals surface area contributed by atoms with Crippen LogP contribution in [0.3, 0.4) is 0 Å². The fourth-order valence-electron chi connectivity index (χ4n) is 0.636. The van der Waals surface area contributed by atoms with E-state index in [4.69, 9.17) is 21.3 Å². The number of rotatable bonds is 5. The molecule has 0 aromatic rings. The highest BCUT2D eigenvalue weighted by Crippen LogP contribution is 2.20. The molecular formula is C7H18N2O3. The van der Waals surface area contributed by atoms with E-state index < -0.39 is 11.3 Å². The molecule has 0 aliphatic rings. The molecule has 0 spiro atoms. The first-order chi connectivity index (χ1) is 5.37. The monoisotopic (exact) mass is 178 g/mol. The second-order valence-corrected chi connectivity index (χ2v) is 3.17. The standard InChI is InChI=1S/C7H18N2O3/c1-6(5-10,7(2,9)11)12-4-3-8/h10-11H,3-5,8-9H2,1-2H3. The number of nitrogens with two attached hydrogens (primary N) is 2. The highest BCUT2D eigenvalue weighted by molar-refractivity contribution is 4.90. The van der Waals surface area contributed by atoms with Gasteiger partial charge in [0.15, 0.2) is 0 Å². The van der Waals surface area contributed by atoms with E-state index in [0.29, 0.717) is 6.54 Å². The molecule has 5 heteroatoms. The van der Waals surface area contributed by atoms with Gasteiger partial charge >= 0.3 is 0 Å². The maximum atomic E-state index is 9.42. The lowest BCUT2D eigenvalue weighted by atomic mass is 9.95. The zero-order valence-electron chi connectivity index (χ0n) is 7.58. The fraction of sp³-hybridized carbons (Fsp3) is 1.00. The summed E-state index contributed by atoms with van der Waals surface area (Å²) < 4.78 is 5.14. The Kier molecular flexibility index (Phi) is 4.09. The van der Waals surface area contributed by atoms with Gasteiger partial charge in [0.1, 0.15) is 11.3 Å². The molecule has 0 saturated heterocycles. The van der Waals surface area contributed by atoms with E-state index in [1.807, 2.05) is 0 Å². The molecule has 0 radical (unpaired) electrons. The number of hydrogen-bond acceptors (Lipinski definition) is 5. The normalized spacial score (nSPS) is 21.5. The summed E-state index contributed by atoms with van der Waals surface area (Å²) in [4.78, 5) is 0. The highest BCUT2D eigenvalue weighted by Gasteiger charge is 2.40. The van der Waals surface area contributed by atoms with Gasteiger partial charge in [-0.1, -0.05) is 0 Å². The predicted molar refractivity (Wildman–Crippen MR) is 45.3 cm³/mol. The van der Waals surface area contributed by atoms with Crippen molar-refractivity contribution in [3.8, 4) is 0 Å². The van der Waals surface area contributed by atoms with Crippen LogP contribution in [-0.4, -0.2) is 41.3 Å². The average molecular weight is 178 g/mol. The summed E-state index contributed by atoms with van der Waals surface area (Å²) in [5.41, 5.74) is 7.87.